The van der Waals surface area contributed by atoms with Crippen molar-refractivity contribution in [3.8, 4) is 11.5 Å². The van der Waals surface area contributed by atoms with Gasteiger partial charge in [-0.2, -0.15) is 0 Å². The number of fused-ring (bicyclic) bond motifs is 1. The van der Waals surface area contributed by atoms with E-state index in [0.29, 0.717) is 40.0 Å². The average Bonchev–Trinajstić information content (AvgIpc) is 3.19. The molecule has 4 N–H and O–H groups in total. The molecule has 0 radical (unpaired) electrons. The van der Waals surface area contributed by atoms with Crippen LogP contribution in [0.1, 0.15) is 35.8 Å². The quantitative estimate of drug-likeness (QED) is 0.522. The molecule has 0 aromatic heterocycles. The van der Waals surface area contributed by atoms with Gasteiger partial charge in [0.25, 0.3) is 0 Å². The molecule has 0 saturated carbocycles. The van der Waals surface area contributed by atoms with E-state index in [0.717, 1.165) is 16.8 Å². The van der Waals surface area contributed by atoms with Crippen molar-refractivity contribution in [3.05, 3.63) is 68.8 Å². The first kappa shape index (κ1) is 22.5. The van der Waals surface area contributed by atoms with Crippen molar-refractivity contribution in [2.24, 2.45) is 5.92 Å². The van der Waals surface area contributed by atoms with E-state index >= 15 is 0 Å². The summed E-state index contributed by atoms with van der Waals surface area (Å²) in [5.41, 5.74) is 9.28. The van der Waals surface area contributed by atoms with Crippen molar-refractivity contribution in [2.75, 3.05) is 14.2 Å². The van der Waals surface area contributed by atoms with E-state index in [2.05, 4.69) is 16.2 Å². The summed E-state index contributed by atoms with van der Waals surface area (Å²) in [6.07, 6.45) is -0.130. The lowest BCUT2D eigenvalue weighted by Crippen LogP contribution is -2.51. The average molecular weight is 490 g/mol. The first-order valence-corrected chi connectivity index (χ1v) is 11.6. The summed E-state index contributed by atoms with van der Waals surface area (Å²) in [6.45, 7) is 0. The predicted molar refractivity (Wildman–Crippen MR) is 125 cm³/mol. The van der Waals surface area contributed by atoms with Gasteiger partial charge >= 0.3 is 0 Å². The van der Waals surface area contributed by atoms with Gasteiger partial charge in [0, 0.05) is 29.5 Å². The van der Waals surface area contributed by atoms with Crippen LogP contribution in [-0.2, 0) is 4.79 Å². The highest BCUT2D eigenvalue weighted by atomic mass is 35.5. The normalized spacial score (nSPS) is 28.8. The molecule has 9 heteroatoms. The lowest BCUT2D eigenvalue weighted by Gasteiger charge is -2.42. The van der Waals surface area contributed by atoms with Gasteiger partial charge in [-0.15, -0.1) is 0 Å². The van der Waals surface area contributed by atoms with E-state index in [4.69, 9.17) is 32.7 Å². The Morgan fingerprint density at radius 1 is 1.03 bits per heavy atom. The van der Waals surface area contributed by atoms with E-state index in [-0.39, 0.29) is 23.8 Å². The van der Waals surface area contributed by atoms with Crippen LogP contribution in [0.2, 0.25) is 10.0 Å². The molecular formula is C24H25Cl2N3O4. The zero-order valence-electron chi connectivity index (χ0n) is 18.2. The number of carbonyl (C=O) groups excluding carboxylic acids is 1. The largest absolute Gasteiger partial charge is 0.493 e. The third-order valence-corrected chi connectivity index (χ3v) is 7.70. The Morgan fingerprint density at radius 2 is 1.82 bits per heavy atom. The molecule has 0 amide bonds. The number of halogens is 2. The number of ketones is 1. The minimum Gasteiger partial charge on any atom is -0.493 e. The standard InChI is InChI=1S/C24H25Cl2N3O4/c1-32-17-7-6-11(10-18(17)33-2)12-8-15-20(16(30)9-12)19(13-4-3-5-14(25)22(13)26)21-23(27-15)28-29-24(21)31/h3-7,10,12,19,21,23-24,27-29,31H,8-9H2,1-2H3/t12-,19-,21?,23?,24?/m1/s1. The summed E-state index contributed by atoms with van der Waals surface area (Å²) in [7, 11) is 3.19. The number of nitrogens with one attached hydrogen (secondary N) is 3. The van der Waals surface area contributed by atoms with Gasteiger partial charge in [0.15, 0.2) is 17.3 Å². The summed E-state index contributed by atoms with van der Waals surface area (Å²) >= 11 is 12.9. The number of hydrogen-bond donors (Lipinski definition) is 4. The fourth-order valence-corrected chi connectivity index (χ4v) is 5.76. The van der Waals surface area contributed by atoms with E-state index in [9.17, 15) is 9.90 Å². The molecule has 1 saturated heterocycles. The van der Waals surface area contributed by atoms with Gasteiger partial charge in [-0.05, 0) is 41.7 Å². The molecule has 1 aliphatic carbocycles. The van der Waals surface area contributed by atoms with Crippen LogP contribution in [0, 0.1) is 5.92 Å². The number of rotatable bonds is 4. The van der Waals surface area contributed by atoms with Gasteiger partial charge in [-0.3, -0.25) is 4.79 Å². The molecule has 5 rings (SSSR count). The summed E-state index contributed by atoms with van der Waals surface area (Å²) in [6, 6.07) is 11.2. The lowest BCUT2D eigenvalue weighted by atomic mass is 9.69. The fourth-order valence-electron chi connectivity index (χ4n) is 5.33. The first-order chi connectivity index (χ1) is 15.9. The molecule has 0 spiro atoms. The van der Waals surface area contributed by atoms with Gasteiger partial charge in [0.05, 0.1) is 30.4 Å². The minimum absolute atomic E-state index is 0.0186. The summed E-state index contributed by atoms with van der Waals surface area (Å²) < 4.78 is 10.8. The number of aliphatic hydroxyl groups is 1. The third-order valence-electron chi connectivity index (χ3n) is 6.87. The second-order valence-electron chi connectivity index (χ2n) is 8.59. The van der Waals surface area contributed by atoms with Crippen LogP contribution in [-0.4, -0.2) is 37.5 Å². The molecule has 0 bridgehead atoms. The molecule has 174 valence electrons. The number of benzene rings is 2. The minimum atomic E-state index is -0.854. The van der Waals surface area contributed by atoms with Crippen LogP contribution in [0.25, 0.3) is 0 Å². The molecule has 2 aromatic carbocycles. The van der Waals surface area contributed by atoms with E-state index in [1.807, 2.05) is 30.3 Å². The van der Waals surface area contributed by atoms with Gasteiger partial charge < -0.3 is 19.9 Å². The maximum atomic E-state index is 13.6. The summed E-state index contributed by atoms with van der Waals surface area (Å²) in [5, 5.41) is 15.0. The fraction of sp³-hybridized carbons (Fsp3) is 0.375. The van der Waals surface area contributed by atoms with Crippen molar-refractivity contribution < 1.29 is 19.4 Å². The van der Waals surface area contributed by atoms with Crippen molar-refractivity contribution >= 4 is 29.0 Å². The Labute approximate surface area is 202 Å². The Balaban J connectivity index is 1.57. The highest BCUT2D eigenvalue weighted by Crippen LogP contribution is 2.49. The van der Waals surface area contributed by atoms with Crippen LogP contribution < -0.4 is 25.6 Å². The number of hydrogen-bond acceptors (Lipinski definition) is 7. The van der Waals surface area contributed by atoms with Crippen LogP contribution >= 0.6 is 23.2 Å². The molecule has 2 aromatic rings. The Hall–Kier alpha value is -2.29. The number of hydrazine groups is 1. The molecule has 7 nitrogen and oxygen atoms in total. The van der Waals surface area contributed by atoms with Crippen molar-refractivity contribution in [2.45, 2.75) is 37.1 Å². The zero-order chi connectivity index (χ0) is 23.3. The monoisotopic (exact) mass is 489 g/mol. The maximum absolute atomic E-state index is 13.6. The molecule has 33 heavy (non-hydrogen) atoms. The summed E-state index contributed by atoms with van der Waals surface area (Å²) in [5.74, 6) is 0.562. The molecule has 3 aliphatic rings. The summed E-state index contributed by atoms with van der Waals surface area (Å²) in [4.78, 5) is 13.6. The molecule has 2 aliphatic heterocycles. The van der Waals surface area contributed by atoms with E-state index in [1.54, 1.807) is 20.3 Å². The number of allylic oxidation sites excluding steroid dienone is 2. The second kappa shape index (κ2) is 8.81. The Bertz CT molecular complexity index is 1140. The first-order valence-electron chi connectivity index (χ1n) is 10.8. The zero-order valence-corrected chi connectivity index (χ0v) is 19.7. The second-order valence-corrected chi connectivity index (χ2v) is 9.37. The molecule has 1 fully saturated rings. The van der Waals surface area contributed by atoms with E-state index < -0.39 is 12.1 Å². The van der Waals surface area contributed by atoms with Crippen LogP contribution in [0.5, 0.6) is 11.5 Å². The molecule has 5 atom stereocenters. The number of aliphatic hydroxyl groups excluding tert-OH is 1. The van der Waals surface area contributed by atoms with Gasteiger partial charge in [0.2, 0.25) is 0 Å². The predicted octanol–water partition coefficient (Wildman–Crippen LogP) is 3.47. The Morgan fingerprint density at radius 3 is 2.58 bits per heavy atom. The highest BCUT2D eigenvalue weighted by Gasteiger charge is 2.50. The number of methoxy groups -OCH3 is 2. The lowest BCUT2D eigenvalue weighted by molar-refractivity contribution is -0.117. The van der Waals surface area contributed by atoms with Gasteiger partial charge in [-0.1, -0.05) is 41.4 Å². The van der Waals surface area contributed by atoms with Gasteiger partial charge in [-0.25, -0.2) is 10.9 Å². The SMILES string of the molecule is COc1ccc([C@H]2CC(=O)C3=C(C2)NC2NNC(O)C2[C@@H]3c2cccc(Cl)c2Cl)cc1OC. The number of carbonyl (C=O) groups is 1. The number of Topliss-reactive ketones (excluding diaryl/α,β-unsaturated/α-hetero) is 1. The van der Waals surface area contributed by atoms with Crippen molar-refractivity contribution in [3.63, 3.8) is 0 Å². The maximum Gasteiger partial charge on any atom is 0.161 e. The van der Waals surface area contributed by atoms with E-state index in [1.165, 1.54) is 0 Å². The smallest absolute Gasteiger partial charge is 0.161 e. The van der Waals surface area contributed by atoms with Crippen molar-refractivity contribution in [1.82, 2.24) is 16.2 Å². The number of ether oxygens (including phenoxy) is 2. The van der Waals surface area contributed by atoms with Crippen LogP contribution in [0.3, 0.4) is 0 Å². The Kier molecular flexibility index (Phi) is 6.01. The van der Waals surface area contributed by atoms with Gasteiger partial charge in [0.1, 0.15) is 6.23 Å². The third kappa shape index (κ3) is 3.78. The highest BCUT2D eigenvalue weighted by molar-refractivity contribution is 6.42. The van der Waals surface area contributed by atoms with Crippen molar-refractivity contribution in [1.29, 1.82) is 0 Å². The molecular weight excluding hydrogens is 465 g/mol. The van der Waals surface area contributed by atoms with Crippen LogP contribution in [0.15, 0.2) is 47.7 Å². The topological polar surface area (TPSA) is 91.9 Å². The van der Waals surface area contributed by atoms with Crippen LogP contribution in [0.4, 0.5) is 0 Å². The molecule has 3 unspecified atom stereocenters. The molecule has 2 heterocycles.